The van der Waals surface area contributed by atoms with Gasteiger partial charge >= 0.3 is 5.69 Å². The monoisotopic (exact) mass is 215 g/mol. The van der Waals surface area contributed by atoms with Gasteiger partial charge < -0.3 is 0 Å². The molecule has 0 atom stereocenters. The lowest BCUT2D eigenvalue weighted by Gasteiger charge is -2.03. The summed E-state index contributed by atoms with van der Waals surface area (Å²) in [5, 5.41) is 19.5. The number of hydrogen-bond acceptors (Lipinski definition) is 5. The van der Waals surface area contributed by atoms with Gasteiger partial charge in [0.2, 0.25) is 5.82 Å². The van der Waals surface area contributed by atoms with Crippen LogP contribution in [0.4, 0.5) is 5.69 Å². The maximum Gasteiger partial charge on any atom is 0.311 e. The Kier molecular flexibility index (Phi) is 2.31. The summed E-state index contributed by atoms with van der Waals surface area (Å²) in [4.78, 5) is 17.7. The third-order valence-electron chi connectivity index (χ3n) is 1.97. The van der Waals surface area contributed by atoms with Gasteiger partial charge in [0, 0.05) is 18.6 Å². The average Bonchev–Trinajstić information content (AvgIpc) is 2.76. The Bertz CT molecular complexity index is 584. The normalized spacial score (nSPS) is 9.69. The van der Waals surface area contributed by atoms with Gasteiger partial charge in [-0.1, -0.05) is 0 Å². The van der Waals surface area contributed by atoms with Gasteiger partial charge in [0.25, 0.3) is 0 Å². The highest BCUT2D eigenvalue weighted by atomic mass is 16.6. The van der Waals surface area contributed by atoms with Crippen LogP contribution in [0.15, 0.2) is 30.9 Å². The number of imidazole rings is 1. The highest BCUT2D eigenvalue weighted by Crippen LogP contribution is 2.21. The van der Waals surface area contributed by atoms with E-state index in [1.165, 1.54) is 29.2 Å². The molecule has 2 heterocycles. The zero-order valence-corrected chi connectivity index (χ0v) is 7.94. The number of aromatic nitrogens is 3. The molecule has 0 aliphatic carbocycles. The Morgan fingerprint density at radius 3 is 3.00 bits per heavy atom. The summed E-state index contributed by atoms with van der Waals surface area (Å²) in [5.41, 5.74) is 0.103. The molecule has 2 rings (SSSR count). The van der Waals surface area contributed by atoms with Gasteiger partial charge in [0.05, 0.1) is 4.92 Å². The SMILES string of the molecule is N#Cc1nccn1-c1ccncc1[N+](=O)[O-]. The maximum atomic E-state index is 10.8. The first-order valence-corrected chi connectivity index (χ1v) is 4.26. The predicted molar refractivity (Wildman–Crippen MR) is 52.7 cm³/mol. The van der Waals surface area contributed by atoms with Crippen LogP contribution in [0.3, 0.4) is 0 Å². The summed E-state index contributed by atoms with van der Waals surface area (Å²) in [6, 6.07) is 3.31. The molecule has 78 valence electrons. The summed E-state index contributed by atoms with van der Waals surface area (Å²) in [5.74, 6) is 0.0919. The van der Waals surface area contributed by atoms with Crippen molar-refractivity contribution < 1.29 is 4.92 Å². The second kappa shape index (κ2) is 3.78. The van der Waals surface area contributed by atoms with Gasteiger partial charge in [-0.15, -0.1) is 0 Å². The molecule has 0 unspecified atom stereocenters. The molecule has 0 amide bonds. The van der Waals surface area contributed by atoms with Crippen molar-refractivity contribution in [2.45, 2.75) is 0 Å². The van der Waals surface area contributed by atoms with E-state index in [9.17, 15) is 10.1 Å². The maximum absolute atomic E-state index is 10.8. The summed E-state index contributed by atoms with van der Waals surface area (Å²) < 4.78 is 1.35. The van der Waals surface area contributed by atoms with Crippen molar-refractivity contribution in [2.75, 3.05) is 0 Å². The van der Waals surface area contributed by atoms with E-state index in [1.807, 2.05) is 6.07 Å². The lowest BCUT2D eigenvalue weighted by atomic mass is 10.3. The van der Waals surface area contributed by atoms with E-state index < -0.39 is 4.92 Å². The molecule has 0 saturated carbocycles. The van der Waals surface area contributed by atoms with Gasteiger partial charge in [-0.2, -0.15) is 5.26 Å². The average molecular weight is 215 g/mol. The Morgan fingerprint density at radius 1 is 1.50 bits per heavy atom. The quantitative estimate of drug-likeness (QED) is 0.550. The van der Waals surface area contributed by atoms with Crippen molar-refractivity contribution in [3.8, 4) is 11.8 Å². The number of nitro groups is 1. The molecule has 0 fully saturated rings. The third-order valence-corrected chi connectivity index (χ3v) is 1.97. The number of nitriles is 1. The summed E-state index contributed by atoms with van der Waals surface area (Å²) >= 11 is 0. The Balaban J connectivity index is 2.66. The largest absolute Gasteiger partial charge is 0.311 e. The molecular weight excluding hydrogens is 210 g/mol. The summed E-state index contributed by atoms with van der Waals surface area (Å²) in [7, 11) is 0. The van der Waals surface area contributed by atoms with E-state index in [-0.39, 0.29) is 17.2 Å². The molecule has 2 aromatic rings. The number of pyridine rings is 1. The molecule has 0 aliphatic heterocycles. The van der Waals surface area contributed by atoms with Crippen molar-refractivity contribution in [3.05, 3.63) is 46.8 Å². The van der Waals surface area contributed by atoms with Crippen molar-refractivity contribution in [1.82, 2.24) is 14.5 Å². The molecule has 0 N–H and O–H groups in total. The molecule has 0 spiro atoms. The Labute approximate surface area is 89.8 Å². The molecule has 7 heteroatoms. The minimum Gasteiger partial charge on any atom is -0.285 e. The lowest BCUT2D eigenvalue weighted by molar-refractivity contribution is -0.384. The van der Waals surface area contributed by atoms with E-state index in [2.05, 4.69) is 9.97 Å². The van der Waals surface area contributed by atoms with Crippen molar-refractivity contribution in [2.24, 2.45) is 0 Å². The third kappa shape index (κ3) is 1.48. The fraction of sp³-hybridized carbons (Fsp3) is 0. The molecule has 0 saturated heterocycles. The van der Waals surface area contributed by atoms with Crippen LogP contribution in [0.2, 0.25) is 0 Å². The molecule has 7 nitrogen and oxygen atoms in total. The summed E-state index contributed by atoms with van der Waals surface area (Å²) in [6.45, 7) is 0. The van der Waals surface area contributed by atoms with E-state index in [0.717, 1.165) is 6.20 Å². The predicted octanol–water partition coefficient (Wildman–Crippen LogP) is 1.05. The standard InChI is InChI=1S/C9H5N5O2/c10-5-9-12-3-4-13(9)7-1-2-11-6-8(7)14(15)16/h1-4,6H. The van der Waals surface area contributed by atoms with Gasteiger partial charge in [-0.05, 0) is 6.07 Å². The molecule has 0 aliphatic rings. The van der Waals surface area contributed by atoms with E-state index in [0.29, 0.717) is 0 Å². The summed E-state index contributed by atoms with van der Waals surface area (Å²) in [6.07, 6.45) is 5.45. The second-order valence-electron chi connectivity index (χ2n) is 2.85. The van der Waals surface area contributed by atoms with Gasteiger partial charge in [0.15, 0.2) is 0 Å². The molecule has 0 radical (unpaired) electrons. The zero-order valence-electron chi connectivity index (χ0n) is 7.94. The van der Waals surface area contributed by atoms with Gasteiger partial charge in [-0.25, -0.2) is 4.98 Å². The van der Waals surface area contributed by atoms with E-state index in [4.69, 9.17) is 5.26 Å². The van der Waals surface area contributed by atoms with Crippen LogP contribution in [0.25, 0.3) is 5.69 Å². The zero-order chi connectivity index (χ0) is 11.5. The molecule has 2 aromatic heterocycles. The molecule has 16 heavy (non-hydrogen) atoms. The van der Waals surface area contributed by atoms with Crippen molar-refractivity contribution in [1.29, 1.82) is 5.26 Å². The Morgan fingerprint density at radius 2 is 2.31 bits per heavy atom. The smallest absolute Gasteiger partial charge is 0.285 e. The first-order chi connectivity index (χ1) is 7.74. The number of hydrogen-bond donors (Lipinski definition) is 0. The van der Waals surface area contributed by atoms with Crippen LogP contribution in [0.5, 0.6) is 0 Å². The van der Waals surface area contributed by atoms with Gasteiger partial charge in [-0.3, -0.25) is 19.7 Å². The van der Waals surface area contributed by atoms with Crippen LogP contribution in [-0.4, -0.2) is 19.5 Å². The second-order valence-corrected chi connectivity index (χ2v) is 2.85. The topological polar surface area (TPSA) is 97.6 Å². The highest BCUT2D eigenvalue weighted by molar-refractivity contribution is 5.51. The fourth-order valence-electron chi connectivity index (χ4n) is 1.30. The Hall–Kier alpha value is -2.75. The van der Waals surface area contributed by atoms with Crippen LogP contribution in [0, 0.1) is 21.4 Å². The minimum absolute atomic E-state index is 0.0919. The first kappa shape index (κ1) is 9.79. The van der Waals surface area contributed by atoms with Crippen LogP contribution >= 0.6 is 0 Å². The van der Waals surface area contributed by atoms with Crippen LogP contribution in [-0.2, 0) is 0 Å². The molecular formula is C9H5N5O2. The first-order valence-electron chi connectivity index (χ1n) is 4.26. The van der Waals surface area contributed by atoms with Crippen LogP contribution in [0.1, 0.15) is 5.82 Å². The number of rotatable bonds is 2. The lowest BCUT2D eigenvalue weighted by Crippen LogP contribution is -2.01. The number of nitrogens with zero attached hydrogens (tertiary/aromatic N) is 5. The van der Waals surface area contributed by atoms with Crippen molar-refractivity contribution in [3.63, 3.8) is 0 Å². The van der Waals surface area contributed by atoms with E-state index in [1.54, 1.807) is 0 Å². The van der Waals surface area contributed by atoms with Crippen molar-refractivity contribution >= 4 is 5.69 Å². The fourth-order valence-corrected chi connectivity index (χ4v) is 1.30. The minimum atomic E-state index is -0.552. The van der Waals surface area contributed by atoms with E-state index >= 15 is 0 Å². The highest BCUT2D eigenvalue weighted by Gasteiger charge is 2.16. The molecule has 0 bridgehead atoms. The van der Waals surface area contributed by atoms with Gasteiger partial charge in [0.1, 0.15) is 18.0 Å². The molecule has 0 aromatic carbocycles. The van der Waals surface area contributed by atoms with Crippen LogP contribution < -0.4 is 0 Å².